The predicted molar refractivity (Wildman–Crippen MR) is 99.3 cm³/mol. The highest BCUT2D eigenvalue weighted by Gasteiger charge is 2.06. The van der Waals surface area contributed by atoms with E-state index in [-0.39, 0.29) is 17.1 Å². The fourth-order valence-corrected chi connectivity index (χ4v) is 3.11. The van der Waals surface area contributed by atoms with Gasteiger partial charge in [0.2, 0.25) is 0 Å². The van der Waals surface area contributed by atoms with Crippen molar-refractivity contribution in [2.45, 2.75) is 6.54 Å². The molecule has 0 saturated carbocycles. The maximum Gasteiger partial charge on any atom is 0.133 e. The number of hydrogen-bond acceptors (Lipinski definition) is 2. The van der Waals surface area contributed by atoms with Crippen LogP contribution in [0.5, 0.6) is 5.75 Å². The molecule has 1 N–H and O–H groups in total. The van der Waals surface area contributed by atoms with Crippen molar-refractivity contribution in [2.75, 3.05) is 0 Å². The third-order valence-electron chi connectivity index (χ3n) is 4.49. The molecule has 1 aromatic heterocycles. The summed E-state index contributed by atoms with van der Waals surface area (Å²) in [5, 5.41) is 19.6. The minimum atomic E-state index is -0.231. The highest BCUT2D eigenvalue weighted by molar-refractivity contribution is 5.80. The molecule has 0 spiro atoms. The first-order valence-electron chi connectivity index (χ1n) is 8.21. The van der Waals surface area contributed by atoms with Gasteiger partial charge in [-0.2, -0.15) is 5.26 Å². The van der Waals surface area contributed by atoms with Gasteiger partial charge in [-0.1, -0.05) is 30.3 Å². The van der Waals surface area contributed by atoms with Crippen LogP contribution in [0, 0.1) is 17.1 Å². The van der Waals surface area contributed by atoms with Crippen molar-refractivity contribution in [3.05, 3.63) is 89.9 Å². The number of aromatic nitrogens is 1. The van der Waals surface area contributed by atoms with Crippen LogP contribution in [0.25, 0.3) is 22.0 Å². The zero-order valence-corrected chi connectivity index (χ0v) is 13.9. The topological polar surface area (TPSA) is 49.0 Å². The van der Waals surface area contributed by atoms with E-state index in [2.05, 4.69) is 4.57 Å². The van der Waals surface area contributed by atoms with Crippen molar-refractivity contribution in [1.82, 2.24) is 4.57 Å². The molecule has 0 atom stereocenters. The third kappa shape index (κ3) is 2.91. The second-order valence-electron chi connectivity index (χ2n) is 6.19. The molecule has 0 saturated heterocycles. The number of halogens is 1. The van der Waals surface area contributed by atoms with Crippen molar-refractivity contribution >= 4 is 10.9 Å². The fourth-order valence-electron chi connectivity index (χ4n) is 3.11. The van der Waals surface area contributed by atoms with E-state index in [1.54, 1.807) is 18.2 Å². The molecule has 26 heavy (non-hydrogen) atoms. The number of fused-ring (bicyclic) bond motifs is 1. The molecule has 1 heterocycles. The Hall–Kier alpha value is -3.58. The standard InChI is InChI=1S/C22H15FN2O/c23-20-6-7-21-18(12-20)9-10-25(21)14-15-1-3-16(4-2-15)17-5-8-22(26)19(11-17)13-24/h1-12,26H,14H2. The maximum atomic E-state index is 13.3. The Morgan fingerprint density at radius 3 is 2.46 bits per heavy atom. The van der Waals surface area contributed by atoms with Crippen LogP contribution in [0.3, 0.4) is 0 Å². The predicted octanol–water partition coefficient (Wildman–Crippen LogP) is 5.07. The number of nitriles is 1. The molecule has 0 aliphatic carbocycles. The lowest BCUT2D eigenvalue weighted by Crippen LogP contribution is -1.97. The normalized spacial score (nSPS) is 10.8. The Morgan fingerprint density at radius 1 is 0.923 bits per heavy atom. The third-order valence-corrected chi connectivity index (χ3v) is 4.49. The molecule has 0 fully saturated rings. The number of phenolic OH excluding ortho intramolecular Hbond substituents is 1. The minimum absolute atomic E-state index is 0.0104. The van der Waals surface area contributed by atoms with Crippen LogP contribution in [0.15, 0.2) is 72.9 Å². The second-order valence-corrected chi connectivity index (χ2v) is 6.19. The van der Waals surface area contributed by atoms with Crippen molar-refractivity contribution in [2.24, 2.45) is 0 Å². The van der Waals surface area contributed by atoms with E-state index in [1.165, 1.54) is 18.2 Å². The summed E-state index contributed by atoms with van der Waals surface area (Å²) in [6, 6.07) is 21.7. The van der Waals surface area contributed by atoms with Crippen LogP contribution in [0.4, 0.5) is 4.39 Å². The van der Waals surface area contributed by atoms with Crippen LogP contribution < -0.4 is 0 Å². The van der Waals surface area contributed by atoms with Gasteiger partial charge < -0.3 is 9.67 Å². The Kier molecular flexibility index (Phi) is 3.91. The molecule has 3 nitrogen and oxygen atoms in total. The Bertz CT molecular complexity index is 1140. The first kappa shape index (κ1) is 15.9. The molecule has 4 aromatic rings. The van der Waals surface area contributed by atoms with Crippen molar-refractivity contribution in [3.8, 4) is 22.9 Å². The van der Waals surface area contributed by atoms with Crippen LogP contribution in [-0.2, 0) is 6.54 Å². The largest absolute Gasteiger partial charge is 0.507 e. The summed E-state index contributed by atoms with van der Waals surface area (Å²) >= 11 is 0. The van der Waals surface area contributed by atoms with Crippen LogP contribution >= 0.6 is 0 Å². The Morgan fingerprint density at radius 2 is 1.69 bits per heavy atom. The maximum absolute atomic E-state index is 13.3. The molecule has 0 amide bonds. The van der Waals surface area contributed by atoms with Crippen molar-refractivity contribution in [1.29, 1.82) is 5.26 Å². The van der Waals surface area contributed by atoms with Crippen molar-refractivity contribution in [3.63, 3.8) is 0 Å². The molecule has 3 aromatic carbocycles. The number of hydrogen-bond donors (Lipinski definition) is 1. The summed E-state index contributed by atoms with van der Waals surface area (Å²) in [6.45, 7) is 0.689. The Labute approximate surface area is 150 Å². The van der Waals surface area contributed by atoms with Crippen LogP contribution in [-0.4, -0.2) is 9.67 Å². The number of nitrogens with zero attached hydrogens (tertiary/aromatic N) is 2. The minimum Gasteiger partial charge on any atom is -0.507 e. The molecule has 0 unspecified atom stereocenters. The van der Waals surface area contributed by atoms with E-state index in [0.717, 1.165) is 27.6 Å². The second kappa shape index (κ2) is 6.38. The van der Waals surface area contributed by atoms with E-state index < -0.39 is 0 Å². The van der Waals surface area contributed by atoms with Gasteiger partial charge in [0.1, 0.15) is 17.6 Å². The molecule has 0 aliphatic rings. The summed E-state index contributed by atoms with van der Waals surface area (Å²) in [4.78, 5) is 0. The summed E-state index contributed by atoms with van der Waals surface area (Å²) < 4.78 is 15.4. The van der Waals surface area contributed by atoms with E-state index >= 15 is 0 Å². The smallest absolute Gasteiger partial charge is 0.133 e. The number of benzene rings is 3. The van der Waals surface area contributed by atoms with E-state index in [1.807, 2.05) is 42.6 Å². The van der Waals surface area contributed by atoms with Crippen LogP contribution in [0.1, 0.15) is 11.1 Å². The zero-order chi connectivity index (χ0) is 18.1. The number of aromatic hydroxyl groups is 1. The quantitative estimate of drug-likeness (QED) is 0.565. The van der Waals surface area contributed by atoms with Crippen LogP contribution in [0.2, 0.25) is 0 Å². The molecule has 4 rings (SSSR count). The van der Waals surface area contributed by atoms with Gasteiger partial charge in [-0.25, -0.2) is 4.39 Å². The monoisotopic (exact) mass is 342 g/mol. The van der Waals surface area contributed by atoms with Gasteiger partial charge in [-0.15, -0.1) is 0 Å². The lowest BCUT2D eigenvalue weighted by atomic mass is 10.0. The molecule has 0 radical (unpaired) electrons. The molecular weight excluding hydrogens is 327 g/mol. The molecular formula is C22H15FN2O. The number of phenols is 1. The first-order chi connectivity index (χ1) is 12.6. The molecule has 4 heteroatoms. The van der Waals surface area contributed by atoms with Gasteiger partial charge in [0.15, 0.2) is 0 Å². The average molecular weight is 342 g/mol. The zero-order valence-electron chi connectivity index (χ0n) is 13.9. The molecule has 126 valence electrons. The van der Waals surface area contributed by atoms with Gasteiger partial charge in [-0.05, 0) is 53.1 Å². The average Bonchev–Trinajstić information content (AvgIpc) is 3.04. The highest BCUT2D eigenvalue weighted by Crippen LogP contribution is 2.26. The van der Waals surface area contributed by atoms with Gasteiger partial charge >= 0.3 is 0 Å². The van der Waals surface area contributed by atoms with Gasteiger partial charge in [0.25, 0.3) is 0 Å². The first-order valence-corrected chi connectivity index (χ1v) is 8.21. The van der Waals surface area contributed by atoms with E-state index in [4.69, 9.17) is 5.26 Å². The van der Waals surface area contributed by atoms with Gasteiger partial charge in [0.05, 0.1) is 5.56 Å². The van der Waals surface area contributed by atoms with E-state index in [9.17, 15) is 9.50 Å². The molecule has 0 aliphatic heterocycles. The van der Waals surface area contributed by atoms with Gasteiger partial charge in [-0.3, -0.25) is 0 Å². The highest BCUT2D eigenvalue weighted by atomic mass is 19.1. The summed E-state index contributed by atoms with van der Waals surface area (Å²) in [5.41, 5.74) is 4.23. The Balaban J connectivity index is 1.61. The summed E-state index contributed by atoms with van der Waals surface area (Å²) in [7, 11) is 0. The fraction of sp³-hybridized carbons (Fsp3) is 0.0455. The summed E-state index contributed by atoms with van der Waals surface area (Å²) in [6.07, 6.45) is 1.96. The summed E-state index contributed by atoms with van der Waals surface area (Å²) in [5.74, 6) is -0.242. The number of rotatable bonds is 3. The molecule has 0 bridgehead atoms. The van der Waals surface area contributed by atoms with Crippen molar-refractivity contribution < 1.29 is 9.50 Å². The lowest BCUT2D eigenvalue weighted by molar-refractivity contribution is 0.473. The lowest BCUT2D eigenvalue weighted by Gasteiger charge is -2.08. The SMILES string of the molecule is N#Cc1cc(-c2ccc(Cn3ccc4cc(F)ccc43)cc2)ccc1O. The van der Waals surface area contributed by atoms with E-state index in [0.29, 0.717) is 6.54 Å². The van der Waals surface area contributed by atoms with Gasteiger partial charge in [0, 0.05) is 23.6 Å².